The van der Waals surface area contributed by atoms with E-state index in [4.69, 9.17) is 22.1 Å². The maximum atomic E-state index is 6.10. The number of rotatable bonds is 2. The standard InChI is InChI=1S/C15H14ClN3O/c1-8-4-3-5-12-14(8)19-15(18-12)9-6-10(16)11(17)7-13(9)20-2/h3-7H,17H2,1-2H3,(H,18,19). The molecule has 0 aliphatic carbocycles. The van der Waals surface area contributed by atoms with Crippen molar-refractivity contribution in [3.05, 3.63) is 40.9 Å². The zero-order valence-electron chi connectivity index (χ0n) is 11.2. The summed E-state index contributed by atoms with van der Waals surface area (Å²) in [5, 5.41) is 0.484. The van der Waals surface area contributed by atoms with Crippen molar-refractivity contribution in [3.63, 3.8) is 0 Å². The molecule has 3 N–H and O–H groups in total. The summed E-state index contributed by atoms with van der Waals surface area (Å²) < 4.78 is 5.36. The summed E-state index contributed by atoms with van der Waals surface area (Å²) in [5.74, 6) is 1.36. The van der Waals surface area contributed by atoms with Crippen molar-refractivity contribution in [2.24, 2.45) is 0 Å². The minimum absolute atomic E-state index is 0.484. The van der Waals surface area contributed by atoms with E-state index < -0.39 is 0 Å². The van der Waals surface area contributed by atoms with Crippen molar-refractivity contribution in [3.8, 4) is 17.1 Å². The van der Waals surface area contributed by atoms with E-state index >= 15 is 0 Å². The van der Waals surface area contributed by atoms with E-state index in [0.717, 1.165) is 22.2 Å². The lowest BCUT2D eigenvalue weighted by Gasteiger charge is -2.08. The number of methoxy groups -OCH3 is 1. The SMILES string of the molecule is COc1cc(N)c(Cl)cc1-c1nc2c(C)cccc2[nH]1. The number of para-hydroxylation sites is 1. The number of fused-ring (bicyclic) bond motifs is 1. The minimum atomic E-state index is 0.484. The molecule has 0 radical (unpaired) electrons. The first-order chi connectivity index (χ1) is 9.60. The number of hydrogen-bond donors (Lipinski definition) is 2. The first kappa shape index (κ1) is 12.8. The number of hydrogen-bond acceptors (Lipinski definition) is 3. The molecule has 0 saturated carbocycles. The van der Waals surface area contributed by atoms with Crippen LogP contribution in [0.2, 0.25) is 5.02 Å². The highest BCUT2D eigenvalue weighted by atomic mass is 35.5. The predicted molar refractivity (Wildman–Crippen MR) is 82.2 cm³/mol. The molecule has 20 heavy (non-hydrogen) atoms. The quantitative estimate of drug-likeness (QED) is 0.705. The number of benzene rings is 2. The molecule has 2 aromatic carbocycles. The molecule has 0 spiro atoms. The van der Waals surface area contributed by atoms with Gasteiger partial charge in [-0.1, -0.05) is 23.7 Å². The van der Waals surface area contributed by atoms with Crippen molar-refractivity contribution in [2.75, 3.05) is 12.8 Å². The Balaban J connectivity index is 2.25. The van der Waals surface area contributed by atoms with Crippen LogP contribution in [0.25, 0.3) is 22.4 Å². The normalized spacial score (nSPS) is 10.9. The van der Waals surface area contributed by atoms with Gasteiger partial charge in [0.05, 0.1) is 34.4 Å². The van der Waals surface area contributed by atoms with Gasteiger partial charge in [0.25, 0.3) is 0 Å². The smallest absolute Gasteiger partial charge is 0.142 e. The number of nitrogens with zero attached hydrogens (tertiary/aromatic N) is 1. The van der Waals surface area contributed by atoms with Crippen LogP contribution in [0.5, 0.6) is 5.75 Å². The monoisotopic (exact) mass is 287 g/mol. The molecule has 0 amide bonds. The largest absolute Gasteiger partial charge is 0.496 e. The Hall–Kier alpha value is -2.20. The van der Waals surface area contributed by atoms with Gasteiger partial charge in [-0.25, -0.2) is 4.98 Å². The lowest BCUT2D eigenvalue weighted by atomic mass is 10.1. The first-order valence-corrected chi connectivity index (χ1v) is 6.56. The van der Waals surface area contributed by atoms with Crippen LogP contribution in [0.4, 0.5) is 5.69 Å². The van der Waals surface area contributed by atoms with E-state index in [1.54, 1.807) is 19.2 Å². The number of halogens is 1. The number of H-pyrrole nitrogens is 1. The van der Waals surface area contributed by atoms with Gasteiger partial charge < -0.3 is 15.5 Å². The van der Waals surface area contributed by atoms with E-state index in [2.05, 4.69) is 9.97 Å². The molecule has 0 fully saturated rings. The second-order valence-electron chi connectivity index (χ2n) is 4.63. The maximum Gasteiger partial charge on any atom is 0.142 e. The van der Waals surface area contributed by atoms with Gasteiger partial charge in [-0.2, -0.15) is 0 Å². The van der Waals surface area contributed by atoms with Gasteiger partial charge in [0.1, 0.15) is 11.6 Å². The van der Waals surface area contributed by atoms with E-state index in [-0.39, 0.29) is 0 Å². The van der Waals surface area contributed by atoms with E-state index in [1.165, 1.54) is 0 Å². The Morgan fingerprint density at radius 1 is 1.30 bits per heavy atom. The van der Waals surface area contributed by atoms with Crippen molar-refractivity contribution in [2.45, 2.75) is 6.92 Å². The Morgan fingerprint density at radius 2 is 2.10 bits per heavy atom. The van der Waals surface area contributed by atoms with Gasteiger partial charge in [-0.05, 0) is 24.6 Å². The predicted octanol–water partition coefficient (Wildman–Crippen LogP) is 3.78. The fourth-order valence-electron chi connectivity index (χ4n) is 2.23. The third-order valence-corrected chi connectivity index (χ3v) is 3.62. The number of imidazole rings is 1. The van der Waals surface area contributed by atoms with Crippen molar-refractivity contribution in [1.29, 1.82) is 0 Å². The molecule has 0 unspecified atom stereocenters. The average Bonchev–Trinajstić information content (AvgIpc) is 2.86. The van der Waals surface area contributed by atoms with Gasteiger partial charge in [0.15, 0.2) is 0 Å². The molecule has 3 aromatic rings. The first-order valence-electron chi connectivity index (χ1n) is 6.19. The van der Waals surface area contributed by atoms with Crippen LogP contribution >= 0.6 is 11.6 Å². The van der Waals surface area contributed by atoms with Crippen LogP contribution in [0, 0.1) is 6.92 Å². The summed E-state index contributed by atoms with van der Waals surface area (Å²) in [6.45, 7) is 2.03. The third-order valence-electron chi connectivity index (χ3n) is 3.29. The average molecular weight is 288 g/mol. The van der Waals surface area contributed by atoms with Gasteiger partial charge in [-0.15, -0.1) is 0 Å². The van der Waals surface area contributed by atoms with Crippen LogP contribution < -0.4 is 10.5 Å². The fraction of sp³-hybridized carbons (Fsp3) is 0.133. The molecule has 0 aliphatic rings. The topological polar surface area (TPSA) is 63.9 Å². The molecule has 0 bridgehead atoms. The van der Waals surface area contributed by atoms with Crippen LogP contribution in [0.1, 0.15) is 5.56 Å². The second kappa shape index (κ2) is 4.72. The third kappa shape index (κ3) is 1.98. The number of ether oxygens (including phenoxy) is 1. The summed E-state index contributed by atoms with van der Waals surface area (Å²) in [4.78, 5) is 7.91. The van der Waals surface area contributed by atoms with Gasteiger partial charge in [0.2, 0.25) is 0 Å². The number of anilines is 1. The highest BCUT2D eigenvalue weighted by Gasteiger charge is 2.14. The Labute approximate surface area is 121 Å². The van der Waals surface area contributed by atoms with Crippen molar-refractivity contribution in [1.82, 2.24) is 9.97 Å². The molecule has 3 rings (SSSR count). The summed E-state index contributed by atoms with van der Waals surface area (Å²) in [5.41, 5.74) is 10.1. The number of aromatic amines is 1. The van der Waals surface area contributed by atoms with E-state index in [1.807, 2.05) is 25.1 Å². The lowest BCUT2D eigenvalue weighted by molar-refractivity contribution is 0.416. The Bertz CT molecular complexity index is 795. The zero-order valence-corrected chi connectivity index (χ0v) is 12.0. The molecular weight excluding hydrogens is 274 g/mol. The molecule has 102 valence electrons. The van der Waals surface area contributed by atoms with Gasteiger partial charge in [0, 0.05) is 6.07 Å². The van der Waals surface area contributed by atoms with Crippen LogP contribution in [0.3, 0.4) is 0 Å². The number of nitrogens with one attached hydrogen (secondary N) is 1. The zero-order chi connectivity index (χ0) is 14.3. The number of aryl methyl sites for hydroxylation is 1. The van der Waals surface area contributed by atoms with E-state index in [9.17, 15) is 0 Å². The highest BCUT2D eigenvalue weighted by Crippen LogP contribution is 2.35. The maximum absolute atomic E-state index is 6.10. The molecule has 4 nitrogen and oxygen atoms in total. The van der Waals surface area contributed by atoms with Gasteiger partial charge in [-0.3, -0.25) is 0 Å². The summed E-state index contributed by atoms with van der Waals surface area (Å²) in [6, 6.07) is 9.48. The minimum Gasteiger partial charge on any atom is -0.496 e. The molecule has 5 heteroatoms. The van der Waals surface area contributed by atoms with Crippen LogP contribution in [0.15, 0.2) is 30.3 Å². The molecule has 1 aromatic heterocycles. The number of nitrogens with two attached hydrogens (primary N) is 1. The van der Waals surface area contributed by atoms with Crippen molar-refractivity contribution >= 4 is 28.3 Å². The van der Waals surface area contributed by atoms with Gasteiger partial charge >= 0.3 is 0 Å². The summed E-state index contributed by atoms with van der Waals surface area (Å²) in [7, 11) is 1.60. The molecular formula is C15H14ClN3O. The Morgan fingerprint density at radius 3 is 2.80 bits per heavy atom. The van der Waals surface area contributed by atoms with Crippen molar-refractivity contribution < 1.29 is 4.74 Å². The highest BCUT2D eigenvalue weighted by molar-refractivity contribution is 6.33. The number of aromatic nitrogens is 2. The second-order valence-corrected chi connectivity index (χ2v) is 5.04. The molecule has 0 saturated heterocycles. The molecule has 1 heterocycles. The lowest BCUT2D eigenvalue weighted by Crippen LogP contribution is -1.93. The summed E-state index contributed by atoms with van der Waals surface area (Å²) in [6.07, 6.45) is 0. The fourth-order valence-corrected chi connectivity index (χ4v) is 2.39. The van der Waals surface area contributed by atoms with Crippen LogP contribution in [-0.2, 0) is 0 Å². The summed E-state index contributed by atoms with van der Waals surface area (Å²) >= 11 is 6.10. The Kier molecular flexibility index (Phi) is 3.03. The molecule has 0 atom stereocenters. The molecule has 0 aliphatic heterocycles. The van der Waals surface area contributed by atoms with E-state index in [0.29, 0.717) is 22.3 Å². The van der Waals surface area contributed by atoms with Crippen LogP contribution in [-0.4, -0.2) is 17.1 Å². The number of nitrogen functional groups attached to an aromatic ring is 1.